The highest BCUT2D eigenvalue weighted by atomic mass is 35.5. The number of hydrogen-bond donors (Lipinski definition) is 0. The van der Waals surface area contributed by atoms with Gasteiger partial charge in [-0.15, -0.1) is 22.9 Å². The molecular formula is C16H21ClN2S. The first-order valence-corrected chi connectivity index (χ1v) is 8.32. The zero-order valence-corrected chi connectivity index (χ0v) is 13.7. The molecule has 0 aliphatic rings. The standard InChI is InChI=1S/C16H21ClN2S/c1-13-5-7-14(8-6-13)11-19(2)9-3-4-16-18-15(10-17)12-20-16/h5-8,12H,3-4,9-11H2,1-2H3. The Morgan fingerprint density at radius 1 is 1.25 bits per heavy atom. The number of halogens is 1. The van der Waals surface area contributed by atoms with Gasteiger partial charge in [-0.3, -0.25) is 0 Å². The van der Waals surface area contributed by atoms with Gasteiger partial charge in [0.05, 0.1) is 16.6 Å². The van der Waals surface area contributed by atoms with Crippen molar-refractivity contribution in [3.8, 4) is 0 Å². The Bertz CT molecular complexity index is 522. The third-order valence-electron chi connectivity index (χ3n) is 3.24. The largest absolute Gasteiger partial charge is 0.302 e. The monoisotopic (exact) mass is 308 g/mol. The maximum absolute atomic E-state index is 5.76. The molecule has 2 rings (SSSR count). The summed E-state index contributed by atoms with van der Waals surface area (Å²) in [7, 11) is 2.17. The number of benzene rings is 1. The summed E-state index contributed by atoms with van der Waals surface area (Å²) in [6.45, 7) is 4.21. The predicted molar refractivity (Wildman–Crippen MR) is 87.5 cm³/mol. The third-order valence-corrected chi connectivity index (χ3v) is 4.47. The molecule has 4 heteroatoms. The second-order valence-corrected chi connectivity index (χ2v) is 6.40. The minimum atomic E-state index is 0.518. The van der Waals surface area contributed by atoms with Crippen LogP contribution >= 0.6 is 22.9 Å². The van der Waals surface area contributed by atoms with Crippen molar-refractivity contribution in [2.24, 2.45) is 0 Å². The van der Waals surface area contributed by atoms with Crippen LogP contribution in [0, 0.1) is 6.92 Å². The zero-order chi connectivity index (χ0) is 14.4. The summed E-state index contributed by atoms with van der Waals surface area (Å²) < 4.78 is 0. The second-order valence-electron chi connectivity index (χ2n) is 5.19. The highest BCUT2D eigenvalue weighted by Gasteiger charge is 2.03. The fraction of sp³-hybridized carbons (Fsp3) is 0.438. The van der Waals surface area contributed by atoms with Gasteiger partial charge in [-0.2, -0.15) is 0 Å². The van der Waals surface area contributed by atoms with Gasteiger partial charge < -0.3 is 4.90 Å². The van der Waals surface area contributed by atoms with Crippen LogP contribution in [0.2, 0.25) is 0 Å². The van der Waals surface area contributed by atoms with Gasteiger partial charge in [-0.05, 0) is 32.5 Å². The summed E-state index contributed by atoms with van der Waals surface area (Å²) in [5.41, 5.74) is 3.69. The molecule has 0 spiro atoms. The Labute approximate surface area is 130 Å². The summed E-state index contributed by atoms with van der Waals surface area (Å²) in [6.07, 6.45) is 2.18. The molecule has 2 nitrogen and oxygen atoms in total. The SMILES string of the molecule is Cc1ccc(CN(C)CCCc2nc(CCl)cs2)cc1. The average Bonchev–Trinajstić information content (AvgIpc) is 2.89. The highest BCUT2D eigenvalue weighted by Crippen LogP contribution is 2.14. The van der Waals surface area contributed by atoms with E-state index in [-0.39, 0.29) is 0 Å². The van der Waals surface area contributed by atoms with Gasteiger partial charge in [-0.1, -0.05) is 29.8 Å². The zero-order valence-electron chi connectivity index (χ0n) is 12.1. The van der Waals surface area contributed by atoms with Crippen LogP contribution < -0.4 is 0 Å². The Kier molecular flexibility index (Phi) is 6.02. The number of alkyl halides is 1. The van der Waals surface area contributed by atoms with Crippen LogP contribution in [0.3, 0.4) is 0 Å². The van der Waals surface area contributed by atoms with Crippen LogP contribution in [-0.2, 0) is 18.8 Å². The van der Waals surface area contributed by atoms with Crippen LogP contribution in [0.15, 0.2) is 29.6 Å². The van der Waals surface area contributed by atoms with Crippen molar-refractivity contribution in [2.45, 2.75) is 32.2 Å². The molecule has 0 fully saturated rings. The summed E-state index contributed by atoms with van der Waals surface area (Å²) in [5, 5.41) is 3.25. The molecule has 108 valence electrons. The quantitative estimate of drug-likeness (QED) is 0.711. The number of hydrogen-bond acceptors (Lipinski definition) is 3. The maximum atomic E-state index is 5.76. The first-order chi connectivity index (χ1) is 9.67. The fourth-order valence-electron chi connectivity index (χ4n) is 2.11. The van der Waals surface area contributed by atoms with Crippen molar-refractivity contribution in [3.05, 3.63) is 51.5 Å². The molecule has 0 radical (unpaired) electrons. The van der Waals surface area contributed by atoms with Gasteiger partial charge in [-0.25, -0.2) is 4.98 Å². The van der Waals surface area contributed by atoms with E-state index >= 15 is 0 Å². The Morgan fingerprint density at radius 2 is 2.00 bits per heavy atom. The molecule has 1 aromatic heterocycles. The third kappa shape index (κ3) is 4.89. The summed E-state index contributed by atoms with van der Waals surface area (Å²) in [4.78, 5) is 6.85. The maximum Gasteiger partial charge on any atom is 0.0929 e. The first kappa shape index (κ1) is 15.5. The normalized spacial score (nSPS) is 11.2. The van der Waals surface area contributed by atoms with Crippen molar-refractivity contribution in [3.63, 3.8) is 0 Å². The average molecular weight is 309 g/mol. The van der Waals surface area contributed by atoms with Crippen LogP contribution in [0.1, 0.15) is 28.2 Å². The number of aryl methyl sites for hydroxylation is 2. The molecular weight excluding hydrogens is 288 g/mol. The molecule has 0 unspecified atom stereocenters. The smallest absolute Gasteiger partial charge is 0.0929 e. The van der Waals surface area contributed by atoms with E-state index in [2.05, 4.69) is 53.5 Å². The molecule has 0 amide bonds. The van der Waals surface area contributed by atoms with E-state index in [1.54, 1.807) is 11.3 Å². The number of nitrogens with zero attached hydrogens (tertiary/aromatic N) is 2. The molecule has 0 bridgehead atoms. The van der Waals surface area contributed by atoms with Crippen molar-refractivity contribution in [1.29, 1.82) is 0 Å². The second kappa shape index (κ2) is 7.77. The Morgan fingerprint density at radius 3 is 2.65 bits per heavy atom. The predicted octanol–water partition coefficient (Wildman–Crippen LogP) is 4.25. The molecule has 0 aliphatic heterocycles. The van der Waals surface area contributed by atoms with Crippen molar-refractivity contribution in [2.75, 3.05) is 13.6 Å². The Hall–Kier alpha value is -0.900. The van der Waals surface area contributed by atoms with Gasteiger partial charge in [0.2, 0.25) is 0 Å². The van der Waals surface area contributed by atoms with Crippen LogP contribution in [0.5, 0.6) is 0 Å². The lowest BCUT2D eigenvalue weighted by atomic mass is 10.1. The summed E-state index contributed by atoms with van der Waals surface area (Å²) in [5.74, 6) is 0.518. The van der Waals surface area contributed by atoms with Crippen LogP contribution in [0.4, 0.5) is 0 Å². The molecule has 20 heavy (non-hydrogen) atoms. The molecule has 1 heterocycles. The molecule has 1 aromatic carbocycles. The molecule has 0 aliphatic carbocycles. The number of aromatic nitrogens is 1. The van der Waals surface area contributed by atoms with Gasteiger partial charge in [0.25, 0.3) is 0 Å². The molecule has 0 saturated heterocycles. The lowest BCUT2D eigenvalue weighted by molar-refractivity contribution is 0.322. The van der Waals surface area contributed by atoms with E-state index in [0.29, 0.717) is 5.88 Å². The lowest BCUT2D eigenvalue weighted by Gasteiger charge is -2.16. The van der Waals surface area contributed by atoms with E-state index in [1.165, 1.54) is 16.1 Å². The van der Waals surface area contributed by atoms with Gasteiger partial charge in [0.15, 0.2) is 0 Å². The Balaban J connectivity index is 1.72. The van der Waals surface area contributed by atoms with E-state index in [9.17, 15) is 0 Å². The topological polar surface area (TPSA) is 16.1 Å². The highest BCUT2D eigenvalue weighted by molar-refractivity contribution is 7.09. The minimum absolute atomic E-state index is 0.518. The molecule has 2 aromatic rings. The van der Waals surface area contributed by atoms with E-state index < -0.39 is 0 Å². The van der Waals surface area contributed by atoms with Crippen LogP contribution in [0.25, 0.3) is 0 Å². The first-order valence-electron chi connectivity index (χ1n) is 6.90. The molecule has 0 atom stereocenters. The van der Waals surface area contributed by atoms with E-state index in [0.717, 1.165) is 31.6 Å². The van der Waals surface area contributed by atoms with Gasteiger partial charge in [0.1, 0.15) is 0 Å². The lowest BCUT2D eigenvalue weighted by Crippen LogP contribution is -2.19. The van der Waals surface area contributed by atoms with Crippen molar-refractivity contribution < 1.29 is 0 Å². The van der Waals surface area contributed by atoms with E-state index in [1.807, 2.05) is 0 Å². The van der Waals surface area contributed by atoms with Gasteiger partial charge >= 0.3 is 0 Å². The molecule has 0 N–H and O–H groups in total. The number of thiazole rings is 1. The minimum Gasteiger partial charge on any atom is -0.302 e. The van der Waals surface area contributed by atoms with Gasteiger partial charge in [0, 0.05) is 18.3 Å². The molecule has 0 saturated carbocycles. The van der Waals surface area contributed by atoms with Crippen molar-refractivity contribution >= 4 is 22.9 Å². The summed E-state index contributed by atoms with van der Waals surface area (Å²) in [6, 6.07) is 8.76. The number of rotatable bonds is 7. The van der Waals surface area contributed by atoms with E-state index in [4.69, 9.17) is 11.6 Å². The van der Waals surface area contributed by atoms with Crippen molar-refractivity contribution in [1.82, 2.24) is 9.88 Å². The van der Waals surface area contributed by atoms with Crippen LogP contribution in [-0.4, -0.2) is 23.5 Å². The summed E-state index contributed by atoms with van der Waals surface area (Å²) >= 11 is 7.48. The fourth-order valence-corrected chi connectivity index (χ4v) is 3.18.